The Morgan fingerprint density at radius 2 is 2.10 bits per heavy atom. The van der Waals surface area contributed by atoms with E-state index in [1.807, 2.05) is 17.6 Å². The van der Waals surface area contributed by atoms with Gasteiger partial charge in [0.2, 0.25) is 0 Å². The summed E-state index contributed by atoms with van der Waals surface area (Å²) in [7, 11) is 0. The number of rotatable bonds is 3. The molecule has 2 heterocycles. The Morgan fingerprint density at radius 1 is 1.24 bits per heavy atom. The van der Waals surface area contributed by atoms with Crippen LogP contribution in [0.3, 0.4) is 0 Å². The molecule has 0 spiro atoms. The quantitative estimate of drug-likeness (QED) is 0.758. The van der Waals surface area contributed by atoms with Crippen LogP contribution in [0.2, 0.25) is 0 Å². The van der Waals surface area contributed by atoms with E-state index in [0.29, 0.717) is 10.0 Å². The molecule has 0 bridgehead atoms. The molecular formula is C16H14N2OS2. The zero-order chi connectivity index (χ0) is 14.8. The predicted octanol–water partition coefficient (Wildman–Crippen LogP) is 4.74. The van der Waals surface area contributed by atoms with Crippen LogP contribution in [0.4, 0.5) is 5.13 Å². The van der Waals surface area contributed by atoms with Crippen molar-refractivity contribution in [3.8, 4) is 10.4 Å². The van der Waals surface area contributed by atoms with E-state index in [0.717, 1.165) is 4.88 Å². The zero-order valence-electron chi connectivity index (χ0n) is 11.7. The van der Waals surface area contributed by atoms with Gasteiger partial charge in [-0.1, -0.05) is 41.2 Å². The van der Waals surface area contributed by atoms with Crippen LogP contribution in [0.5, 0.6) is 0 Å². The Morgan fingerprint density at radius 3 is 2.86 bits per heavy atom. The third-order valence-corrected chi connectivity index (χ3v) is 4.94. The highest BCUT2D eigenvalue weighted by atomic mass is 32.1. The first-order chi connectivity index (χ1) is 10.1. The van der Waals surface area contributed by atoms with Gasteiger partial charge in [0.15, 0.2) is 5.13 Å². The van der Waals surface area contributed by atoms with Gasteiger partial charge in [-0.25, -0.2) is 4.98 Å². The van der Waals surface area contributed by atoms with Crippen molar-refractivity contribution in [3.63, 3.8) is 0 Å². The van der Waals surface area contributed by atoms with Crippen LogP contribution >= 0.6 is 22.7 Å². The molecule has 3 rings (SSSR count). The first-order valence-corrected chi connectivity index (χ1v) is 8.21. The number of nitrogens with zero attached hydrogens (tertiary/aromatic N) is 1. The minimum atomic E-state index is -0.105. The van der Waals surface area contributed by atoms with E-state index in [1.54, 1.807) is 6.07 Å². The van der Waals surface area contributed by atoms with Crippen molar-refractivity contribution in [2.24, 2.45) is 0 Å². The molecule has 0 saturated carbocycles. The fourth-order valence-corrected chi connectivity index (χ4v) is 3.54. The van der Waals surface area contributed by atoms with Gasteiger partial charge in [-0.3, -0.25) is 10.1 Å². The van der Waals surface area contributed by atoms with Crippen molar-refractivity contribution in [3.05, 3.63) is 57.9 Å². The first-order valence-electron chi connectivity index (χ1n) is 6.52. The van der Waals surface area contributed by atoms with Crippen LogP contribution in [-0.4, -0.2) is 10.9 Å². The minimum Gasteiger partial charge on any atom is -0.297 e. The van der Waals surface area contributed by atoms with Gasteiger partial charge in [0.1, 0.15) is 0 Å². The van der Waals surface area contributed by atoms with E-state index in [2.05, 4.69) is 42.3 Å². The highest BCUT2D eigenvalue weighted by Gasteiger charge is 2.11. The maximum Gasteiger partial charge on any atom is 0.267 e. The topological polar surface area (TPSA) is 42.0 Å². The molecule has 0 aliphatic carbocycles. The summed E-state index contributed by atoms with van der Waals surface area (Å²) in [6.45, 7) is 4.15. The molecule has 3 nitrogen and oxygen atoms in total. The number of carbonyl (C=O) groups is 1. The van der Waals surface area contributed by atoms with E-state index < -0.39 is 0 Å². The minimum absolute atomic E-state index is 0.105. The molecule has 1 N–H and O–H groups in total. The molecule has 1 aromatic carbocycles. The van der Waals surface area contributed by atoms with Crippen molar-refractivity contribution in [1.82, 2.24) is 4.98 Å². The fourth-order valence-electron chi connectivity index (χ4n) is 2.02. The first kappa shape index (κ1) is 14.0. The lowest BCUT2D eigenvalue weighted by Gasteiger charge is -2.03. The lowest BCUT2D eigenvalue weighted by Crippen LogP contribution is -2.09. The Labute approximate surface area is 131 Å². The third kappa shape index (κ3) is 3.04. The summed E-state index contributed by atoms with van der Waals surface area (Å²) < 4.78 is 0. The standard InChI is InChI=1S/C16H14N2OS2/c1-10-5-6-11(2)12(8-10)14-9-17-16(21-14)18-15(19)13-4-3-7-20-13/h3-9H,1-2H3,(H,17,18,19). The summed E-state index contributed by atoms with van der Waals surface area (Å²) in [6.07, 6.45) is 1.82. The molecule has 0 radical (unpaired) electrons. The molecule has 0 fully saturated rings. The maximum absolute atomic E-state index is 12.0. The van der Waals surface area contributed by atoms with Crippen LogP contribution in [-0.2, 0) is 0 Å². The fraction of sp³-hybridized carbons (Fsp3) is 0.125. The molecule has 106 valence electrons. The highest BCUT2D eigenvalue weighted by molar-refractivity contribution is 7.19. The highest BCUT2D eigenvalue weighted by Crippen LogP contribution is 2.32. The summed E-state index contributed by atoms with van der Waals surface area (Å²) in [5.41, 5.74) is 3.60. The Kier molecular flexibility index (Phi) is 3.86. The number of aromatic nitrogens is 1. The summed E-state index contributed by atoms with van der Waals surface area (Å²) in [5.74, 6) is -0.105. The van der Waals surface area contributed by atoms with Gasteiger partial charge in [0.05, 0.1) is 9.75 Å². The number of hydrogen-bond donors (Lipinski definition) is 1. The SMILES string of the molecule is Cc1ccc(C)c(-c2cnc(NC(=O)c3cccs3)s2)c1. The van der Waals surface area contributed by atoms with Crippen molar-refractivity contribution >= 4 is 33.7 Å². The number of thiazole rings is 1. The number of anilines is 1. The third-order valence-electron chi connectivity index (χ3n) is 3.13. The second-order valence-corrected chi connectivity index (χ2v) is 6.76. The summed E-state index contributed by atoms with van der Waals surface area (Å²) >= 11 is 2.92. The average molecular weight is 314 g/mol. The van der Waals surface area contributed by atoms with Crippen molar-refractivity contribution in [1.29, 1.82) is 0 Å². The molecule has 1 amide bonds. The van der Waals surface area contributed by atoms with Crippen LogP contribution in [0.15, 0.2) is 41.9 Å². The molecule has 21 heavy (non-hydrogen) atoms. The van der Waals surface area contributed by atoms with Gasteiger partial charge in [0.25, 0.3) is 5.91 Å². The van der Waals surface area contributed by atoms with Gasteiger partial charge in [-0.05, 0) is 36.4 Å². The van der Waals surface area contributed by atoms with Gasteiger partial charge >= 0.3 is 0 Å². The molecule has 2 aromatic heterocycles. The molecule has 3 aromatic rings. The number of benzene rings is 1. The van der Waals surface area contributed by atoms with Crippen LogP contribution in [0, 0.1) is 13.8 Å². The molecule has 0 atom stereocenters. The van der Waals surface area contributed by atoms with Crippen molar-refractivity contribution in [2.75, 3.05) is 5.32 Å². The molecule has 0 unspecified atom stereocenters. The van der Waals surface area contributed by atoms with Crippen molar-refractivity contribution in [2.45, 2.75) is 13.8 Å². The summed E-state index contributed by atoms with van der Waals surface area (Å²) in [4.78, 5) is 18.1. The van der Waals surface area contributed by atoms with E-state index in [4.69, 9.17) is 0 Å². The number of hydrogen-bond acceptors (Lipinski definition) is 4. The molecule has 0 aliphatic rings. The molecule has 5 heteroatoms. The van der Waals surface area contributed by atoms with E-state index in [-0.39, 0.29) is 5.91 Å². The second kappa shape index (κ2) is 5.79. The molecule has 0 aliphatic heterocycles. The molecule has 0 saturated heterocycles. The molecular weight excluding hydrogens is 300 g/mol. The number of nitrogens with one attached hydrogen (secondary N) is 1. The van der Waals surface area contributed by atoms with Gasteiger partial charge < -0.3 is 0 Å². The van der Waals surface area contributed by atoms with Crippen LogP contribution in [0.1, 0.15) is 20.8 Å². The Bertz CT molecular complexity index is 775. The van der Waals surface area contributed by atoms with E-state index in [9.17, 15) is 4.79 Å². The Hall–Kier alpha value is -1.98. The summed E-state index contributed by atoms with van der Waals surface area (Å²) in [6, 6.07) is 10.0. The normalized spacial score (nSPS) is 10.6. The van der Waals surface area contributed by atoms with E-state index in [1.165, 1.54) is 39.4 Å². The smallest absolute Gasteiger partial charge is 0.267 e. The van der Waals surface area contributed by atoms with Crippen molar-refractivity contribution < 1.29 is 4.79 Å². The van der Waals surface area contributed by atoms with Gasteiger partial charge in [-0.15, -0.1) is 11.3 Å². The van der Waals surface area contributed by atoms with E-state index >= 15 is 0 Å². The number of carbonyl (C=O) groups excluding carboxylic acids is 1. The van der Waals surface area contributed by atoms with Gasteiger partial charge in [0, 0.05) is 6.20 Å². The largest absolute Gasteiger partial charge is 0.297 e. The zero-order valence-corrected chi connectivity index (χ0v) is 13.3. The van der Waals surface area contributed by atoms with Crippen LogP contribution < -0.4 is 5.32 Å². The number of thiophene rings is 1. The average Bonchev–Trinajstić information content (AvgIpc) is 3.12. The number of aryl methyl sites for hydroxylation is 2. The van der Waals surface area contributed by atoms with Gasteiger partial charge in [-0.2, -0.15) is 0 Å². The lowest BCUT2D eigenvalue weighted by molar-refractivity contribution is 0.103. The monoisotopic (exact) mass is 314 g/mol. The number of amides is 1. The predicted molar refractivity (Wildman–Crippen MR) is 89.3 cm³/mol. The summed E-state index contributed by atoms with van der Waals surface area (Å²) in [5, 5.41) is 5.36. The Balaban J connectivity index is 1.83. The maximum atomic E-state index is 12.0. The second-order valence-electron chi connectivity index (χ2n) is 4.78. The van der Waals surface area contributed by atoms with Crippen LogP contribution in [0.25, 0.3) is 10.4 Å². The lowest BCUT2D eigenvalue weighted by atomic mass is 10.1.